The third kappa shape index (κ3) is 6.70. The molecular weight excluding hydrogens is 154 g/mol. The number of rotatable bonds is 6. The van der Waals surface area contributed by atoms with Gasteiger partial charge in [-0.1, -0.05) is 13.8 Å². The van der Waals surface area contributed by atoms with Crippen LogP contribution in [0.25, 0.3) is 0 Å². The van der Waals surface area contributed by atoms with Gasteiger partial charge in [-0.2, -0.15) is 11.8 Å². The summed E-state index contributed by atoms with van der Waals surface area (Å²) in [5.41, 5.74) is 0.328. The predicted octanol–water partition coefficient (Wildman–Crippen LogP) is 2.52. The van der Waals surface area contributed by atoms with E-state index < -0.39 is 0 Å². The lowest BCUT2D eigenvalue weighted by atomic mass is 10.0. The molecule has 0 aromatic heterocycles. The van der Waals surface area contributed by atoms with Gasteiger partial charge in [0.05, 0.1) is 0 Å². The average Bonchev–Trinajstić information content (AvgIpc) is 1.99. The minimum absolute atomic E-state index is 0.328. The van der Waals surface area contributed by atoms with Crippen LogP contribution in [0.3, 0.4) is 0 Å². The Morgan fingerprint density at radius 3 is 2.36 bits per heavy atom. The van der Waals surface area contributed by atoms with Gasteiger partial charge in [-0.3, -0.25) is 0 Å². The summed E-state index contributed by atoms with van der Waals surface area (Å²) < 4.78 is 0. The van der Waals surface area contributed by atoms with Crippen LogP contribution in [0.2, 0.25) is 0 Å². The van der Waals surface area contributed by atoms with Crippen LogP contribution in [-0.4, -0.2) is 23.6 Å². The van der Waals surface area contributed by atoms with Crippen molar-refractivity contribution in [2.45, 2.75) is 39.7 Å². The molecule has 0 rings (SSSR count). The largest absolute Gasteiger partial charge is 0.311 e. The van der Waals surface area contributed by atoms with E-state index in [0.717, 1.165) is 6.54 Å². The van der Waals surface area contributed by atoms with Crippen molar-refractivity contribution in [1.29, 1.82) is 0 Å². The Labute approximate surface area is 75.3 Å². The van der Waals surface area contributed by atoms with Crippen molar-refractivity contribution in [3.05, 3.63) is 0 Å². The summed E-state index contributed by atoms with van der Waals surface area (Å²) >= 11 is 2.00. The molecule has 0 amide bonds. The first-order chi connectivity index (χ1) is 5.12. The van der Waals surface area contributed by atoms with Crippen LogP contribution < -0.4 is 5.32 Å². The Balaban J connectivity index is 3.23. The first kappa shape index (κ1) is 11.3. The van der Waals surface area contributed by atoms with Gasteiger partial charge < -0.3 is 5.32 Å². The van der Waals surface area contributed by atoms with E-state index in [4.69, 9.17) is 0 Å². The van der Waals surface area contributed by atoms with Crippen LogP contribution in [0.15, 0.2) is 0 Å². The van der Waals surface area contributed by atoms with Crippen molar-refractivity contribution in [2.24, 2.45) is 0 Å². The van der Waals surface area contributed by atoms with Gasteiger partial charge in [0.25, 0.3) is 0 Å². The van der Waals surface area contributed by atoms with Crippen molar-refractivity contribution >= 4 is 11.8 Å². The topological polar surface area (TPSA) is 12.0 Å². The van der Waals surface area contributed by atoms with Gasteiger partial charge in [0.2, 0.25) is 0 Å². The molecule has 68 valence electrons. The molecule has 0 heterocycles. The highest BCUT2D eigenvalue weighted by Gasteiger charge is 2.11. The van der Waals surface area contributed by atoms with Crippen LogP contribution in [-0.2, 0) is 0 Å². The highest BCUT2D eigenvalue weighted by Crippen LogP contribution is 2.06. The molecule has 0 saturated heterocycles. The Kier molecular flexibility index (Phi) is 6.06. The summed E-state index contributed by atoms with van der Waals surface area (Å²) in [5, 5.41) is 3.52. The molecule has 0 aliphatic heterocycles. The molecular formula is C9H21NS. The Bertz CT molecular complexity index is 91.6. The number of hydrogen-bond donors (Lipinski definition) is 1. The second-order valence-electron chi connectivity index (χ2n) is 3.36. The van der Waals surface area contributed by atoms with Gasteiger partial charge in [0, 0.05) is 17.8 Å². The molecule has 2 heteroatoms. The van der Waals surface area contributed by atoms with Crippen molar-refractivity contribution in [3.8, 4) is 0 Å². The first-order valence-corrected chi connectivity index (χ1v) is 5.60. The summed E-state index contributed by atoms with van der Waals surface area (Å²) in [6.45, 7) is 10.1. The molecule has 0 spiro atoms. The summed E-state index contributed by atoms with van der Waals surface area (Å²) in [6.07, 6.45) is 1.20. The summed E-state index contributed by atoms with van der Waals surface area (Å²) in [7, 11) is 0. The maximum absolute atomic E-state index is 3.52. The normalized spacial score (nSPS) is 12.0. The van der Waals surface area contributed by atoms with Crippen LogP contribution >= 0.6 is 11.8 Å². The summed E-state index contributed by atoms with van der Waals surface area (Å²) in [6, 6.07) is 0. The van der Waals surface area contributed by atoms with E-state index >= 15 is 0 Å². The van der Waals surface area contributed by atoms with E-state index in [1.165, 1.54) is 17.9 Å². The molecule has 1 N–H and O–H groups in total. The highest BCUT2D eigenvalue weighted by molar-refractivity contribution is 7.99. The van der Waals surface area contributed by atoms with Gasteiger partial charge in [-0.15, -0.1) is 0 Å². The zero-order valence-electron chi connectivity index (χ0n) is 8.24. The van der Waals surface area contributed by atoms with Gasteiger partial charge in [-0.25, -0.2) is 0 Å². The molecule has 0 aliphatic carbocycles. The van der Waals surface area contributed by atoms with Crippen molar-refractivity contribution < 1.29 is 0 Å². The van der Waals surface area contributed by atoms with Crippen LogP contribution in [0.4, 0.5) is 0 Å². The van der Waals surface area contributed by atoms with E-state index in [2.05, 4.69) is 33.0 Å². The van der Waals surface area contributed by atoms with Gasteiger partial charge in [0.1, 0.15) is 0 Å². The van der Waals surface area contributed by atoms with E-state index in [-0.39, 0.29) is 0 Å². The van der Waals surface area contributed by atoms with Gasteiger partial charge >= 0.3 is 0 Å². The average molecular weight is 175 g/mol. The second kappa shape index (κ2) is 5.90. The molecule has 0 bridgehead atoms. The molecule has 0 atom stereocenters. The second-order valence-corrected chi connectivity index (χ2v) is 4.75. The SMILES string of the molecule is CCSCCNC(C)(C)CC. The number of thioether (sulfide) groups is 1. The standard InChI is InChI=1S/C9H21NS/c1-5-9(3,4)10-7-8-11-6-2/h10H,5-8H2,1-4H3. The fraction of sp³-hybridized carbons (Fsp3) is 1.00. The molecule has 1 nitrogen and oxygen atoms in total. The van der Waals surface area contributed by atoms with Crippen molar-refractivity contribution in [2.75, 3.05) is 18.1 Å². The third-order valence-corrected chi connectivity index (χ3v) is 2.84. The van der Waals surface area contributed by atoms with Gasteiger partial charge in [0.15, 0.2) is 0 Å². The van der Waals surface area contributed by atoms with Gasteiger partial charge in [-0.05, 0) is 26.0 Å². The zero-order chi connectivity index (χ0) is 8.74. The van der Waals surface area contributed by atoms with Crippen molar-refractivity contribution in [1.82, 2.24) is 5.32 Å². The Morgan fingerprint density at radius 2 is 1.91 bits per heavy atom. The minimum Gasteiger partial charge on any atom is -0.311 e. The third-order valence-electron chi connectivity index (χ3n) is 1.94. The quantitative estimate of drug-likeness (QED) is 0.623. The maximum atomic E-state index is 3.52. The van der Waals surface area contributed by atoms with E-state index in [1.807, 2.05) is 11.8 Å². The lowest BCUT2D eigenvalue weighted by molar-refractivity contribution is 0.388. The molecule has 0 radical (unpaired) electrons. The monoisotopic (exact) mass is 175 g/mol. The first-order valence-electron chi connectivity index (χ1n) is 4.45. The van der Waals surface area contributed by atoms with Crippen LogP contribution in [0.5, 0.6) is 0 Å². The molecule has 0 aliphatic rings. The Hall–Kier alpha value is 0.310. The zero-order valence-corrected chi connectivity index (χ0v) is 9.05. The number of nitrogens with one attached hydrogen (secondary N) is 1. The molecule has 0 saturated carbocycles. The molecule has 11 heavy (non-hydrogen) atoms. The lowest BCUT2D eigenvalue weighted by Gasteiger charge is -2.24. The fourth-order valence-electron chi connectivity index (χ4n) is 0.731. The summed E-state index contributed by atoms with van der Waals surface area (Å²) in [4.78, 5) is 0. The number of hydrogen-bond acceptors (Lipinski definition) is 2. The highest BCUT2D eigenvalue weighted by atomic mass is 32.2. The smallest absolute Gasteiger partial charge is 0.0122 e. The molecule has 0 unspecified atom stereocenters. The predicted molar refractivity (Wildman–Crippen MR) is 55.4 cm³/mol. The van der Waals surface area contributed by atoms with Crippen LogP contribution in [0, 0.1) is 0 Å². The maximum Gasteiger partial charge on any atom is 0.0122 e. The van der Waals surface area contributed by atoms with E-state index in [1.54, 1.807) is 0 Å². The summed E-state index contributed by atoms with van der Waals surface area (Å²) in [5.74, 6) is 2.47. The molecule has 0 fully saturated rings. The molecule has 0 aromatic rings. The van der Waals surface area contributed by atoms with E-state index in [9.17, 15) is 0 Å². The Morgan fingerprint density at radius 1 is 1.27 bits per heavy atom. The molecule has 0 aromatic carbocycles. The lowest BCUT2D eigenvalue weighted by Crippen LogP contribution is -2.39. The minimum atomic E-state index is 0.328. The van der Waals surface area contributed by atoms with Crippen molar-refractivity contribution in [3.63, 3.8) is 0 Å². The van der Waals surface area contributed by atoms with E-state index in [0.29, 0.717) is 5.54 Å². The fourth-order valence-corrected chi connectivity index (χ4v) is 1.27. The van der Waals surface area contributed by atoms with Crippen LogP contribution in [0.1, 0.15) is 34.1 Å².